The molecule has 0 amide bonds. The molecule has 1 aliphatic carbocycles. The molecule has 2 N–H and O–H groups in total. The molecule has 6 nitrogen and oxygen atoms in total. The number of rotatable bonds is 11. The molecule has 0 fully saturated rings. The zero-order valence-corrected chi connectivity index (χ0v) is 22.0. The molecule has 2 aromatic carbocycles. The van der Waals surface area contributed by atoms with E-state index in [1.54, 1.807) is 18.2 Å². The number of aryl methyl sites for hydroxylation is 2. The van der Waals surface area contributed by atoms with Crippen LogP contribution < -0.4 is 19.5 Å². The first-order valence-electron chi connectivity index (χ1n) is 12.4. The Kier molecular flexibility index (Phi) is 8.54. The van der Waals surface area contributed by atoms with Gasteiger partial charge in [-0.25, -0.2) is 8.42 Å². The summed E-state index contributed by atoms with van der Waals surface area (Å²) in [5.74, 6) is 1.49. The number of hydrogen-bond acceptors (Lipinski definition) is 5. The van der Waals surface area contributed by atoms with E-state index in [9.17, 15) is 8.42 Å². The Bertz CT molecular complexity index is 1290. The van der Waals surface area contributed by atoms with Crippen molar-refractivity contribution in [3.05, 3.63) is 89.4 Å². The van der Waals surface area contributed by atoms with Gasteiger partial charge in [0.1, 0.15) is 0 Å². The molecule has 0 spiro atoms. The summed E-state index contributed by atoms with van der Waals surface area (Å²) in [6, 6.07) is 9.16. The summed E-state index contributed by atoms with van der Waals surface area (Å²) in [5.41, 5.74) is 4.50. The van der Waals surface area contributed by atoms with Gasteiger partial charge in [-0.2, -0.15) is 0 Å². The second-order valence-electron chi connectivity index (χ2n) is 9.33. The maximum absolute atomic E-state index is 13.3. The fraction of sp³-hybridized carbons (Fsp3) is 0.345. The summed E-state index contributed by atoms with van der Waals surface area (Å²) in [6.07, 6.45) is 16.9. The van der Waals surface area contributed by atoms with Gasteiger partial charge in [0, 0.05) is 20.5 Å². The van der Waals surface area contributed by atoms with Crippen LogP contribution in [0.2, 0.25) is 0 Å². The molecule has 0 saturated carbocycles. The van der Waals surface area contributed by atoms with Gasteiger partial charge in [0.2, 0.25) is 6.79 Å². The van der Waals surface area contributed by atoms with Crippen molar-refractivity contribution in [2.45, 2.75) is 50.3 Å². The van der Waals surface area contributed by atoms with Crippen LogP contribution in [0.15, 0.2) is 71.2 Å². The van der Waals surface area contributed by atoms with E-state index >= 15 is 0 Å². The number of anilines is 1. The monoisotopic (exact) mass is 509 g/mol. The maximum atomic E-state index is 13.3. The fourth-order valence-electron chi connectivity index (χ4n) is 4.64. The molecular formula is C29H37N2O4S. The molecule has 1 radical (unpaired) electrons. The highest BCUT2D eigenvalue weighted by Crippen LogP contribution is 2.37. The van der Waals surface area contributed by atoms with Gasteiger partial charge in [-0.3, -0.25) is 4.72 Å². The first-order valence-corrected chi connectivity index (χ1v) is 13.9. The number of unbranched alkanes of at least 4 members (excludes halogenated alkanes) is 1. The molecule has 1 heterocycles. The number of sulfonamides is 1. The zero-order chi connectivity index (χ0) is 25.5. The lowest BCUT2D eigenvalue weighted by Crippen LogP contribution is -2.18. The first-order chi connectivity index (χ1) is 17.4. The van der Waals surface area contributed by atoms with Gasteiger partial charge in [-0.15, -0.1) is 0 Å². The highest BCUT2D eigenvalue weighted by molar-refractivity contribution is 7.92. The van der Waals surface area contributed by atoms with E-state index in [4.69, 9.17) is 9.47 Å². The third-order valence-corrected chi connectivity index (χ3v) is 8.12. The van der Waals surface area contributed by atoms with Crippen molar-refractivity contribution in [1.82, 2.24) is 5.32 Å². The van der Waals surface area contributed by atoms with Crippen LogP contribution in [0, 0.1) is 20.3 Å². The second kappa shape index (κ2) is 11.8. The van der Waals surface area contributed by atoms with E-state index in [1.165, 1.54) is 5.57 Å². The molecule has 0 saturated heterocycles. The Labute approximate surface area is 216 Å². The predicted molar refractivity (Wildman–Crippen MR) is 147 cm³/mol. The summed E-state index contributed by atoms with van der Waals surface area (Å²) in [6.45, 7) is 4.69. The van der Waals surface area contributed by atoms with Gasteiger partial charge in [-0.1, -0.05) is 54.5 Å². The molecule has 0 aromatic heterocycles. The van der Waals surface area contributed by atoms with Crippen LogP contribution in [0.5, 0.6) is 11.5 Å². The highest BCUT2D eigenvalue weighted by Gasteiger charge is 2.22. The van der Waals surface area contributed by atoms with E-state index in [1.807, 2.05) is 45.2 Å². The zero-order valence-electron chi connectivity index (χ0n) is 21.2. The van der Waals surface area contributed by atoms with Gasteiger partial charge in [-0.05, 0) is 74.9 Å². The number of ether oxygens (including phenoxy) is 2. The minimum atomic E-state index is -3.76. The molecule has 2 aliphatic rings. The summed E-state index contributed by atoms with van der Waals surface area (Å²) < 4.78 is 40.0. The second-order valence-corrected chi connectivity index (χ2v) is 11.0. The smallest absolute Gasteiger partial charge is 0.262 e. The number of benzene rings is 2. The molecule has 2 aromatic rings. The summed E-state index contributed by atoms with van der Waals surface area (Å²) in [7, 11) is -1.80. The highest BCUT2D eigenvalue weighted by atomic mass is 32.2. The molecule has 193 valence electrons. The van der Waals surface area contributed by atoms with Crippen LogP contribution >= 0.6 is 0 Å². The van der Waals surface area contributed by atoms with Gasteiger partial charge < -0.3 is 14.8 Å². The number of nitrogens with one attached hydrogen (secondary N) is 2. The Balaban J connectivity index is 0.00000380. The molecule has 0 bridgehead atoms. The third-order valence-electron chi connectivity index (χ3n) is 6.60. The molecule has 1 atom stereocenters. The summed E-state index contributed by atoms with van der Waals surface area (Å²) in [4.78, 5) is 0.281. The van der Waals surface area contributed by atoms with E-state index in [2.05, 4.69) is 34.7 Å². The Morgan fingerprint density at radius 1 is 0.972 bits per heavy atom. The molecule has 1 aliphatic heterocycles. The van der Waals surface area contributed by atoms with E-state index < -0.39 is 10.0 Å². The van der Waals surface area contributed by atoms with Crippen molar-refractivity contribution in [2.24, 2.45) is 0 Å². The van der Waals surface area contributed by atoms with Crippen molar-refractivity contribution in [3.8, 4) is 11.5 Å². The summed E-state index contributed by atoms with van der Waals surface area (Å²) >= 11 is 0. The first kappa shape index (κ1) is 26.0. The number of hydrogen-bond donors (Lipinski definition) is 2. The maximum Gasteiger partial charge on any atom is 0.262 e. The molecule has 7 heteroatoms. The normalized spacial score (nSPS) is 15.5. The van der Waals surface area contributed by atoms with E-state index in [-0.39, 0.29) is 13.1 Å². The minimum absolute atomic E-state index is 0. The number of allylic oxidation sites excluding steroid dienone is 6. The largest absolute Gasteiger partial charge is 0.454 e. The van der Waals surface area contributed by atoms with Crippen LogP contribution in [0.4, 0.5) is 5.69 Å². The number of likely N-dealkylation sites (N-methyl/N-ethyl adjacent to an activating group) is 1. The lowest BCUT2D eigenvalue weighted by atomic mass is 9.91. The SMILES string of the molecule is CNCC(CCCCC1=CC=CC=C[CH]1)c1ccc(S(=O)(=O)Nc2cc3c(cc2C)OCO3)c(C)c1.[HH]. The standard InChI is InChI=1S/C29H35N2O4S.H2/c1-21-17-27-28(35-20-34-27)18-26(21)31-36(32,33)29-15-14-24(16-22(29)2)25(19-30-3)13-9-8-12-23-10-6-4-5-7-11-23;/h4-7,10-11,14-18,25,30-31H,8-9,12-13,19-20H2,1-3H3;1H. The molecule has 4 rings (SSSR count). The van der Waals surface area contributed by atoms with Gasteiger partial charge >= 0.3 is 0 Å². The Morgan fingerprint density at radius 3 is 2.53 bits per heavy atom. The fourth-order valence-corrected chi connectivity index (χ4v) is 5.99. The van der Waals surface area contributed by atoms with Gasteiger partial charge in [0.25, 0.3) is 10.0 Å². The van der Waals surface area contributed by atoms with Crippen LogP contribution in [-0.2, 0) is 10.0 Å². The lowest BCUT2D eigenvalue weighted by molar-refractivity contribution is 0.174. The Morgan fingerprint density at radius 2 is 1.75 bits per heavy atom. The molecule has 36 heavy (non-hydrogen) atoms. The topological polar surface area (TPSA) is 76.7 Å². The third kappa shape index (κ3) is 6.39. The lowest BCUT2D eigenvalue weighted by Gasteiger charge is -2.19. The number of fused-ring (bicyclic) bond motifs is 1. The van der Waals surface area contributed by atoms with Gasteiger partial charge in [0.05, 0.1) is 10.6 Å². The molecular weight excluding hydrogens is 472 g/mol. The average molecular weight is 510 g/mol. The summed E-state index contributed by atoms with van der Waals surface area (Å²) in [5, 5.41) is 3.30. The average Bonchev–Trinajstić information content (AvgIpc) is 3.12. The van der Waals surface area contributed by atoms with Crippen LogP contribution in [0.25, 0.3) is 0 Å². The quantitative estimate of drug-likeness (QED) is 0.353. The van der Waals surface area contributed by atoms with Crippen LogP contribution in [0.3, 0.4) is 0 Å². The van der Waals surface area contributed by atoms with E-state index in [0.717, 1.165) is 48.9 Å². The van der Waals surface area contributed by atoms with Crippen LogP contribution in [-0.4, -0.2) is 28.8 Å². The molecule has 1 unspecified atom stereocenters. The minimum Gasteiger partial charge on any atom is -0.454 e. The van der Waals surface area contributed by atoms with E-state index in [0.29, 0.717) is 23.1 Å². The van der Waals surface area contributed by atoms with Crippen molar-refractivity contribution in [3.63, 3.8) is 0 Å². The predicted octanol–water partition coefficient (Wildman–Crippen LogP) is 6.20. The van der Waals surface area contributed by atoms with Crippen molar-refractivity contribution in [2.75, 3.05) is 25.1 Å². The van der Waals surface area contributed by atoms with Gasteiger partial charge in [0.15, 0.2) is 11.5 Å². The van der Waals surface area contributed by atoms with Crippen molar-refractivity contribution >= 4 is 15.7 Å². The Hall–Kier alpha value is -3.03. The van der Waals surface area contributed by atoms with Crippen molar-refractivity contribution in [1.29, 1.82) is 0 Å². The van der Waals surface area contributed by atoms with Crippen molar-refractivity contribution < 1.29 is 19.3 Å². The van der Waals surface area contributed by atoms with Crippen LogP contribution in [0.1, 0.15) is 49.7 Å².